The number of carboxylic acids is 1. The van der Waals surface area contributed by atoms with Gasteiger partial charge in [0.05, 0.1) is 37.4 Å². The molecule has 0 radical (unpaired) electrons. The predicted molar refractivity (Wildman–Crippen MR) is 260 cm³/mol. The Bertz CT molecular complexity index is 2690. The molecular formula is C49H58F6N8O9S. The summed E-state index contributed by atoms with van der Waals surface area (Å²) in [7, 11) is 0.578. The van der Waals surface area contributed by atoms with Crippen LogP contribution in [0.15, 0.2) is 85.2 Å². The molecule has 17 nitrogen and oxygen atoms in total. The minimum Gasteiger partial charge on any atom is -0.481 e. The molecule has 2 aromatic carbocycles. The van der Waals surface area contributed by atoms with Crippen LogP contribution in [0.5, 0.6) is 23.8 Å². The lowest BCUT2D eigenvalue weighted by Gasteiger charge is -2.24. The molecule has 6 rings (SSSR count). The highest BCUT2D eigenvalue weighted by atomic mass is 32.3. The van der Waals surface area contributed by atoms with E-state index in [1.807, 2.05) is 42.5 Å². The number of H-pyrrole nitrogens is 1. The number of hydrogen-bond donors (Lipinski definition) is 2. The number of alkyl halides is 6. The third-order valence-corrected chi connectivity index (χ3v) is 11.7. The van der Waals surface area contributed by atoms with Crippen molar-refractivity contribution in [1.82, 2.24) is 39.9 Å². The van der Waals surface area contributed by atoms with Crippen molar-refractivity contribution in [2.24, 2.45) is 10.8 Å². The van der Waals surface area contributed by atoms with Crippen LogP contribution in [0.25, 0.3) is 45.0 Å². The third kappa shape index (κ3) is 18.6. The summed E-state index contributed by atoms with van der Waals surface area (Å²) >= 11 is 0. The fourth-order valence-corrected chi connectivity index (χ4v) is 6.49. The zero-order chi connectivity index (χ0) is 53.6. The molecule has 2 N–H and O–H groups in total. The van der Waals surface area contributed by atoms with Gasteiger partial charge in [0.1, 0.15) is 33.2 Å². The SMILES string of the molecule is CC(C)(COc1ccc(-c2ccc(-c3nc(OCCC(F)(F)F)n[nH]3)cc2)cn1)C(=O)O.COC(=O)C(C)(C)COc1ccc(-c2ccc(-c3nc(OCCC(F)(F)F)n(COCCS(C)(C)C)n3)cc2)cn1. The summed E-state index contributed by atoms with van der Waals surface area (Å²) in [5.41, 5.74) is 2.88. The number of esters is 1. The number of aromatic nitrogens is 8. The Morgan fingerprint density at radius 1 is 0.644 bits per heavy atom. The molecule has 0 aliphatic heterocycles. The largest absolute Gasteiger partial charge is 0.481 e. The Hall–Kier alpha value is -6.95. The molecule has 0 unspecified atom stereocenters. The third-order valence-electron chi connectivity index (χ3n) is 10.3. The highest BCUT2D eigenvalue weighted by Crippen LogP contribution is 2.34. The summed E-state index contributed by atoms with van der Waals surface area (Å²) in [6.07, 6.45) is -1.04. The summed E-state index contributed by atoms with van der Waals surface area (Å²) in [5.74, 6) is 0.914. The lowest BCUT2D eigenvalue weighted by Crippen LogP contribution is -2.32. The fourth-order valence-electron chi connectivity index (χ4n) is 5.87. The van der Waals surface area contributed by atoms with Crippen LogP contribution in [0.2, 0.25) is 0 Å². The van der Waals surface area contributed by atoms with Gasteiger partial charge >= 0.3 is 36.3 Å². The molecule has 0 fully saturated rings. The number of methoxy groups -OCH3 is 1. The average molecular weight is 1050 g/mol. The average Bonchev–Trinajstić information content (AvgIpc) is 3.98. The Balaban J connectivity index is 0.000000279. The number of halogens is 6. The van der Waals surface area contributed by atoms with E-state index in [2.05, 4.69) is 54.0 Å². The van der Waals surface area contributed by atoms with Gasteiger partial charge in [0.2, 0.25) is 11.8 Å². The molecule has 396 valence electrons. The summed E-state index contributed by atoms with van der Waals surface area (Å²) < 4.78 is 108. The fraction of sp³-hybridized carbons (Fsp3) is 0.429. The molecule has 0 amide bonds. The van der Waals surface area contributed by atoms with Crippen LogP contribution in [-0.4, -0.2) is 134 Å². The quantitative estimate of drug-likeness (QED) is 0.0348. The molecule has 0 saturated heterocycles. The van der Waals surface area contributed by atoms with E-state index in [0.29, 0.717) is 41.1 Å². The molecule has 0 aliphatic carbocycles. The first kappa shape index (κ1) is 57.0. The van der Waals surface area contributed by atoms with Gasteiger partial charge in [-0.2, -0.15) is 41.0 Å². The van der Waals surface area contributed by atoms with Crippen molar-refractivity contribution in [1.29, 1.82) is 0 Å². The number of aliphatic carboxylic acids is 1. The first-order valence-electron chi connectivity index (χ1n) is 22.4. The van der Waals surface area contributed by atoms with E-state index >= 15 is 0 Å². The molecule has 6 aromatic rings. The number of ether oxygens (including phenoxy) is 6. The normalized spacial score (nSPS) is 12.4. The summed E-state index contributed by atoms with van der Waals surface area (Å²) in [6.45, 7) is 6.07. The number of aromatic amines is 1. The number of hydrogen-bond acceptors (Lipinski definition) is 14. The second-order valence-corrected chi connectivity index (χ2v) is 23.1. The van der Waals surface area contributed by atoms with Gasteiger partial charge in [-0.3, -0.25) is 14.7 Å². The molecule has 73 heavy (non-hydrogen) atoms. The smallest absolute Gasteiger partial charge is 0.392 e. The Kier molecular flexibility index (Phi) is 19.2. The van der Waals surface area contributed by atoms with Crippen LogP contribution >= 0.6 is 10.0 Å². The number of carbonyl (C=O) groups excluding carboxylic acids is 1. The van der Waals surface area contributed by atoms with E-state index in [-0.39, 0.29) is 37.9 Å². The lowest BCUT2D eigenvalue weighted by atomic mass is 9.95. The Morgan fingerprint density at radius 2 is 1.14 bits per heavy atom. The maximum atomic E-state index is 12.6. The van der Waals surface area contributed by atoms with Gasteiger partial charge in [-0.25, -0.2) is 20.0 Å². The topological polar surface area (TPSA) is 208 Å². The van der Waals surface area contributed by atoms with Crippen molar-refractivity contribution in [3.8, 4) is 68.8 Å². The summed E-state index contributed by atoms with van der Waals surface area (Å²) in [5, 5.41) is 19.9. The van der Waals surface area contributed by atoms with Crippen molar-refractivity contribution in [2.45, 2.75) is 59.6 Å². The van der Waals surface area contributed by atoms with Crippen LogP contribution in [0.4, 0.5) is 26.3 Å². The number of benzene rings is 2. The first-order valence-corrected chi connectivity index (χ1v) is 25.4. The molecular weight excluding hydrogens is 991 g/mol. The van der Waals surface area contributed by atoms with Gasteiger partial charge in [-0.15, -0.1) is 10.2 Å². The molecule has 4 heterocycles. The van der Waals surface area contributed by atoms with E-state index < -0.39 is 65.2 Å². The second kappa shape index (κ2) is 24.6. The van der Waals surface area contributed by atoms with E-state index in [4.69, 9.17) is 33.5 Å². The summed E-state index contributed by atoms with van der Waals surface area (Å²) in [6, 6.07) is 21.4. The van der Waals surface area contributed by atoms with Gasteiger partial charge in [-0.1, -0.05) is 48.5 Å². The minimum atomic E-state index is -4.34. The summed E-state index contributed by atoms with van der Waals surface area (Å²) in [4.78, 5) is 39.9. The predicted octanol–water partition coefficient (Wildman–Crippen LogP) is 9.94. The maximum absolute atomic E-state index is 12.6. The van der Waals surface area contributed by atoms with Crippen LogP contribution in [0, 0.1) is 10.8 Å². The maximum Gasteiger partial charge on any atom is 0.392 e. The molecule has 4 aromatic heterocycles. The van der Waals surface area contributed by atoms with Crippen LogP contribution in [-0.2, 0) is 25.8 Å². The highest BCUT2D eigenvalue weighted by Gasteiger charge is 2.31. The highest BCUT2D eigenvalue weighted by molar-refractivity contribution is 8.32. The van der Waals surface area contributed by atoms with Crippen LogP contribution in [0.1, 0.15) is 40.5 Å². The number of pyridine rings is 2. The number of nitrogens with zero attached hydrogens (tertiary/aromatic N) is 7. The van der Waals surface area contributed by atoms with Crippen LogP contribution in [0.3, 0.4) is 0 Å². The Labute approximate surface area is 419 Å². The van der Waals surface area contributed by atoms with Crippen molar-refractivity contribution in [2.75, 3.05) is 64.7 Å². The molecule has 24 heteroatoms. The Morgan fingerprint density at radius 3 is 1.62 bits per heavy atom. The van der Waals surface area contributed by atoms with Gasteiger partial charge in [0.15, 0.2) is 11.6 Å². The lowest BCUT2D eigenvalue weighted by molar-refractivity contribution is -0.152. The number of carbonyl (C=O) groups is 2. The van der Waals surface area contributed by atoms with Crippen molar-refractivity contribution in [3.05, 3.63) is 85.2 Å². The zero-order valence-corrected chi connectivity index (χ0v) is 42.3. The molecule has 0 saturated carbocycles. The monoisotopic (exact) mass is 1050 g/mol. The van der Waals surface area contributed by atoms with E-state index in [9.17, 15) is 35.9 Å². The van der Waals surface area contributed by atoms with Gasteiger partial charge in [0.25, 0.3) is 0 Å². The zero-order valence-electron chi connectivity index (χ0n) is 41.5. The molecule has 0 spiro atoms. The van der Waals surface area contributed by atoms with Crippen molar-refractivity contribution in [3.63, 3.8) is 0 Å². The van der Waals surface area contributed by atoms with E-state index in [1.54, 1.807) is 70.4 Å². The van der Waals surface area contributed by atoms with Crippen LogP contribution < -0.4 is 18.9 Å². The van der Waals surface area contributed by atoms with E-state index in [0.717, 1.165) is 28.0 Å². The molecule has 0 aliphatic rings. The van der Waals surface area contributed by atoms with Gasteiger partial charge < -0.3 is 33.5 Å². The standard InChI is InChI=1S/C28H37F3N4O5S.C21H21F3N4O4/c1-27(2,25(36)37-3)18-40-23-12-11-22(17-32-23)20-7-9-21(10-8-20)24-33-26(39-14-13-28(29,30)31)35(34-24)19-38-15-16-41(4,5)6;1-20(2,18(29)30)12-32-16-8-7-15(11-25-16)13-3-5-14(6-4-13)17-26-19(28-27-17)31-10-9-21(22,23)24/h7-12,17H,13-16,18-19H2,1-6H3;3-8,11H,9-10,12H2,1-2H3,(H,29,30)(H,26,27,28). The first-order chi connectivity index (χ1) is 34.2. The second-order valence-electron chi connectivity index (χ2n) is 18.5. The molecule has 0 bridgehead atoms. The minimum absolute atomic E-state index is 0.0114. The number of rotatable bonds is 23. The van der Waals surface area contributed by atoms with Gasteiger partial charge in [0, 0.05) is 52.5 Å². The number of nitrogens with one attached hydrogen (secondary N) is 1. The van der Waals surface area contributed by atoms with Crippen molar-refractivity contribution < 1.29 is 69.5 Å². The van der Waals surface area contributed by atoms with Gasteiger partial charge in [-0.05, 0) is 69.7 Å². The molecule has 0 atom stereocenters. The van der Waals surface area contributed by atoms with Crippen molar-refractivity contribution >= 4 is 22.0 Å². The van der Waals surface area contributed by atoms with E-state index in [1.165, 1.54) is 11.8 Å². The number of carboxylic acid groups (broad SMARTS) is 1.